The van der Waals surface area contributed by atoms with E-state index >= 15 is 0 Å². The van der Waals surface area contributed by atoms with Crippen LogP contribution in [0.4, 0.5) is 0 Å². The van der Waals surface area contributed by atoms with E-state index in [4.69, 9.17) is 9.47 Å². The zero-order valence-corrected chi connectivity index (χ0v) is 15.7. The summed E-state index contributed by atoms with van der Waals surface area (Å²) in [7, 11) is 0. The number of esters is 2. The minimum absolute atomic E-state index is 0.00154. The highest BCUT2D eigenvalue weighted by atomic mass is 16.5. The first-order valence-electron chi connectivity index (χ1n) is 9.47. The summed E-state index contributed by atoms with van der Waals surface area (Å²) in [4.78, 5) is 35.7. The molecular formula is C21H27NO5. The molecule has 1 saturated carbocycles. The van der Waals surface area contributed by atoms with E-state index in [-0.39, 0.29) is 25.0 Å². The summed E-state index contributed by atoms with van der Waals surface area (Å²) >= 11 is 0. The van der Waals surface area contributed by atoms with Crippen LogP contribution in [0.1, 0.15) is 50.6 Å². The first-order valence-corrected chi connectivity index (χ1v) is 9.47. The molecule has 2 rings (SSSR count). The Morgan fingerprint density at radius 3 is 2.30 bits per heavy atom. The van der Waals surface area contributed by atoms with E-state index in [0.29, 0.717) is 0 Å². The second-order valence-electron chi connectivity index (χ2n) is 6.52. The van der Waals surface area contributed by atoms with Crippen molar-refractivity contribution >= 4 is 17.8 Å². The van der Waals surface area contributed by atoms with Gasteiger partial charge in [0.15, 0.2) is 0 Å². The van der Waals surface area contributed by atoms with Crippen molar-refractivity contribution in [2.24, 2.45) is 5.92 Å². The van der Waals surface area contributed by atoms with E-state index in [2.05, 4.69) is 5.32 Å². The number of rotatable bonds is 8. The molecule has 0 unspecified atom stereocenters. The zero-order chi connectivity index (χ0) is 19.5. The Morgan fingerprint density at radius 1 is 1.04 bits per heavy atom. The summed E-state index contributed by atoms with van der Waals surface area (Å²) in [6.07, 6.45) is 7.18. The quantitative estimate of drug-likeness (QED) is 0.559. The van der Waals surface area contributed by atoms with Crippen LogP contribution >= 0.6 is 0 Å². The number of hydrogen-bond donors (Lipinski definition) is 1. The molecule has 1 N–H and O–H groups in total. The average molecular weight is 373 g/mol. The highest BCUT2D eigenvalue weighted by Crippen LogP contribution is 2.25. The number of ether oxygens (including phenoxy) is 2. The zero-order valence-electron chi connectivity index (χ0n) is 15.7. The molecule has 0 saturated heterocycles. The topological polar surface area (TPSA) is 81.7 Å². The molecule has 0 radical (unpaired) electrons. The fourth-order valence-corrected chi connectivity index (χ4v) is 3.10. The molecular weight excluding hydrogens is 346 g/mol. The predicted octanol–water partition coefficient (Wildman–Crippen LogP) is 3.09. The first-order chi connectivity index (χ1) is 13.1. The molecule has 0 heterocycles. The smallest absolute Gasteiger partial charge is 0.331 e. The number of carbonyl (C=O) groups excluding carboxylic acids is 3. The third-order valence-electron chi connectivity index (χ3n) is 4.53. The molecule has 6 heteroatoms. The van der Waals surface area contributed by atoms with Gasteiger partial charge in [-0.3, -0.25) is 4.79 Å². The van der Waals surface area contributed by atoms with Crippen molar-refractivity contribution in [3.05, 3.63) is 48.0 Å². The highest BCUT2D eigenvalue weighted by molar-refractivity contribution is 5.91. The van der Waals surface area contributed by atoms with Crippen LogP contribution in [0.3, 0.4) is 0 Å². The lowest BCUT2D eigenvalue weighted by Crippen LogP contribution is -2.37. The van der Waals surface area contributed by atoms with Gasteiger partial charge in [0.05, 0.1) is 12.6 Å². The highest BCUT2D eigenvalue weighted by Gasteiger charge is 2.24. The molecule has 1 aliphatic carbocycles. The minimum Gasteiger partial charge on any atom is -0.463 e. The molecule has 0 aliphatic heterocycles. The lowest BCUT2D eigenvalue weighted by atomic mass is 9.88. The van der Waals surface area contributed by atoms with Crippen LogP contribution in [-0.2, 0) is 23.9 Å². The van der Waals surface area contributed by atoms with Crippen molar-refractivity contribution in [1.82, 2.24) is 5.32 Å². The van der Waals surface area contributed by atoms with Crippen LogP contribution in [0.25, 0.3) is 0 Å². The molecule has 1 aromatic carbocycles. The second-order valence-corrected chi connectivity index (χ2v) is 6.52. The van der Waals surface area contributed by atoms with Gasteiger partial charge in [-0.05, 0) is 25.3 Å². The van der Waals surface area contributed by atoms with Gasteiger partial charge >= 0.3 is 11.9 Å². The maximum absolute atomic E-state index is 12.6. The Bertz CT molecular complexity index is 650. The van der Waals surface area contributed by atoms with E-state index in [1.807, 2.05) is 30.3 Å². The van der Waals surface area contributed by atoms with Gasteiger partial charge in [-0.2, -0.15) is 0 Å². The monoisotopic (exact) mass is 373 g/mol. The Morgan fingerprint density at radius 2 is 1.67 bits per heavy atom. The standard InChI is InChI=1S/C21H27NO5/c1-2-26-19(23)13-14-20(24)27-15-18(16-9-5-3-6-10-16)22-21(25)17-11-7-4-8-12-17/h3,5-6,9-10,13-14,17-18H,2,4,7-8,11-12,15H2,1H3,(H,22,25)/b14-13+/t18-/m1/s1. The third kappa shape index (κ3) is 7.25. The van der Waals surface area contributed by atoms with Crippen molar-refractivity contribution in [2.45, 2.75) is 45.1 Å². The lowest BCUT2D eigenvalue weighted by molar-refractivity contribution is -0.141. The number of carbonyl (C=O) groups is 3. The van der Waals surface area contributed by atoms with Gasteiger partial charge in [0.25, 0.3) is 0 Å². The van der Waals surface area contributed by atoms with E-state index in [1.54, 1.807) is 6.92 Å². The number of amides is 1. The maximum Gasteiger partial charge on any atom is 0.331 e. The van der Waals surface area contributed by atoms with E-state index in [9.17, 15) is 14.4 Å². The van der Waals surface area contributed by atoms with Gasteiger partial charge < -0.3 is 14.8 Å². The second kappa shape index (κ2) is 11.2. The number of nitrogens with one attached hydrogen (secondary N) is 1. The summed E-state index contributed by atoms with van der Waals surface area (Å²) in [5.41, 5.74) is 0.865. The molecule has 0 spiro atoms. The summed E-state index contributed by atoms with van der Waals surface area (Å²) < 4.78 is 9.94. The minimum atomic E-state index is -0.657. The molecule has 146 valence electrons. The van der Waals surface area contributed by atoms with E-state index in [0.717, 1.165) is 43.4 Å². The maximum atomic E-state index is 12.6. The van der Waals surface area contributed by atoms with Crippen molar-refractivity contribution in [1.29, 1.82) is 0 Å². The van der Waals surface area contributed by atoms with E-state index in [1.165, 1.54) is 6.42 Å². The van der Waals surface area contributed by atoms with Crippen molar-refractivity contribution < 1.29 is 23.9 Å². The van der Waals surface area contributed by atoms with Gasteiger partial charge in [0, 0.05) is 18.1 Å². The Labute approximate surface area is 159 Å². The normalized spacial score (nSPS) is 15.9. The van der Waals surface area contributed by atoms with Crippen LogP contribution in [0.2, 0.25) is 0 Å². The molecule has 1 aliphatic rings. The van der Waals surface area contributed by atoms with Crippen LogP contribution in [0.5, 0.6) is 0 Å². The van der Waals surface area contributed by atoms with Gasteiger partial charge in [-0.25, -0.2) is 9.59 Å². The SMILES string of the molecule is CCOC(=O)/C=C/C(=O)OC[C@@H](NC(=O)C1CCCCC1)c1ccccc1. The molecule has 0 bridgehead atoms. The number of benzene rings is 1. The fourth-order valence-electron chi connectivity index (χ4n) is 3.10. The van der Waals surface area contributed by atoms with Crippen LogP contribution in [-0.4, -0.2) is 31.1 Å². The molecule has 1 amide bonds. The largest absolute Gasteiger partial charge is 0.463 e. The Hall–Kier alpha value is -2.63. The number of hydrogen-bond acceptors (Lipinski definition) is 5. The Balaban J connectivity index is 1.95. The van der Waals surface area contributed by atoms with Gasteiger partial charge in [0.1, 0.15) is 6.61 Å². The summed E-state index contributed by atoms with van der Waals surface area (Å²) in [5, 5.41) is 3.01. The molecule has 6 nitrogen and oxygen atoms in total. The van der Waals surface area contributed by atoms with Crippen molar-refractivity contribution in [2.75, 3.05) is 13.2 Å². The molecule has 1 aromatic rings. The van der Waals surface area contributed by atoms with Crippen molar-refractivity contribution in [3.63, 3.8) is 0 Å². The van der Waals surface area contributed by atoms with Crippen LogP contribution < -0.4 is 5.32 Å². The van der Waals surface area contributed by atoms with Crippen LogP contribution in [0.15, 0.2) is 42.5 Å². The third-order valence-corrected chi connectivity index (χ3v) is 4.53. The molecule has 1 atom stereocenters. The van der Waals surface area contributed by atoms with Gasteiger partial charge in [-0.15, -0.1) is 0 Å². The molecule has 0 aromatic heterocycles. The van der Waals surface area contributed by atoms with Gasteiger partial charge in [0.2, 0.25) is 5.91 Å². The van der Waals surface area contributed by atoms with Crippen molar-refractivity contribution in [3.8, 4) is 0 Å². The van der Waals surface area contributed by atoms with Gasteiger partial charge in [-0.1, -0.05) is 49.6 Å². The summed E-state index contributed by atoms with van der Waals surface area (Å²) in [5.74, 6) is -1.23. The first kappa shape index (κ1) is 20.7. The summed E-state index contributed by atoms with van der Waals surface area (Å²) in [6.45, 7) is 1.92. The lowest BCUT2D eigenvalue weighted by Gasteiger charge is -2.25. The fraction of sp³-hybridized carbons (Fsp3) is 0.476. The molecule has 27 heavy (non-hydrogen) atoms. The molecule has 1 fully saturated rings. The van der Waals surface area contributed by atoms with Crippen LogP contribution in [0, 0.1) is 5.92 Å². The average Bonchev–Trinajstić information content (AvgIpc) is 2.71. The summed E-state index contributed by atoms with van der Waals surface area (Å²) in [6, 6.07) is 8.97. The van der Waals surface area contributed by atoms with E-state index < -0.39 is 18.0 Å². The predicted molar refractivity (Wildman–Crippen MR) is 101 cm³/mol. The Kier molecular flexibility index (Phi) is 8.55.